The van der Waals surface area contributed by atoms with Gasteiger partial charge < -0.3 is 10.6 Å². The highest BCUT2D eigenvalue weighted by atomic mass is 35.5. The predicted molar refractivity (Wildman–Crippen MR) is 110 cm³/mol. The van der Waals surface area contributed by atoms with Crippen LogP contribution in [0, 0.1) is 0 Å². The van der Waals surface area contributed by atoms with E-state index in [1.807, 2.05) is 18.2 Å². The average molecular weight is 388 g/mol. The van der Waals surface area contributed by atoms with E-state index in [2.05, 4.69) is 29.7 Å². The van der Waals surface area contributed by atoms with Gasteiger partial charge >= 0.3 is 0 Å². The maximum absolute atomic E-state index is 12.2. The van der Waals surface area contributed by atoms with E-state index in [0.717, 1.165) is 6.42 Å². The molecule has 0 aromatic heterocycles. The van der Waals surface area contributed by atoms with Gasteiger partial charge in [-0.3, -0.25) is 14.5 Å². The highest BCUT2D eigenvalue weighted by Crippen LogP contribution is 2.17. The van der Waals surface area contributed by atoms with Crippen molar-refractivity contribution in [3.63, 3.8) is 0 Å². The maximum atomic E-state index is 12.2. The number of nitrogens with one attached hydrogen (secondary N) is 2. The summed E-state index contributed by atoms with van der Waals surface area (Å²) in [4.78, 5) is 25.9. The fourth-order valence-electron chi connectivity index (χ4n) is 2.80. The van der Waals surface area contributed by atoms with E-state index in [1.165, 1.54) is 5.56 Å². The summed E-state index contributed by atoms with van der Waals surface area (Å²) < 4.78 is 0. The molecule has 5 nitrogen and oxygen atoms in total. The summed E-state index contributed by atoms with van der Waals surface area (Å²) in [7, 11) is 1.75. The van der Waals surface area contributed by atoms with Crippen molar-refractivity contribution in [3.8, 4) is 0 Å². The van der Waals surface area contributed by atoms with Gasteiger partial charge in [0.2, 0.25) is 11.8 Å². The second kappa shape index (κ2) is 10.7. The average Bonchev–Trinajstić information content (AvgIpc) is 2.64. The molecule has 0 saturated heterocycles. The van der Waals surface area contributed by atoms with Crippen LogP contribution >= 0.6 is 11.6 Å². The zero-order chi connectivity index (χ0) is 19.6. The van der Waals surface area contributed by atoms with Crippen molar-refractivity contribution >= 4 is 29.1 Å². The van der Waals surface area contributed by atoms with Crippen LogP contribution in [0.3, 0.4) is 0 Å². The molecule has 0 radical (unpaired) electrons. The van der Waals surface area contributed by atoms with Crippen LogP contribution in [0.4, 0.5) is 5.69 Å². The summed E-state index contributed by atoms with van der Waals surface area (Å²) in [5, 5.41) is 6.36. The summed E-state index contributed by atoms with van der Waals surface area (Å²) in [5.41, 5.74) is 1.90. The summed E-state index contributed by atoms with van der Waals surface area (Å²) in [6.45, 7) is 2.99. The molecular weight excluding hydrogens is 362 g/mol. The molecule has 2 aromatic rings. The van der Waals surface area contributed by atoms with Crippen LogP contribution in [0.1, 0.15) is 24.8 Å². The number of amides is 2. The molecule has 0 spiro atoms. The van der Waals surface area contributed by atoms with Gasteiger partial charge in [-0.1, -0.05) is 48.9 Å². The Bertz CT molecular complexity index is 735. The maximum Gasteiger partial charge on any atom is 0.238 e. The highest BCUT2D eigenvalue weighted by Gasteiger charge is 2.14. The van der Waals surface area contributed by atoms with E-state index in [9.17, 15) is 9.59 Å². The largest absolute Gasteiger partial charge is 0.354 e. The zero-order valence-electron chi connectivity index (χ0n) is 15.7. The number of carbonyl (C=O) groups is 2. The van der Waals surface area contributed by atoms with Gasteiger partial charge in [-0.15, -0.1) is 0 Å². The van der Waals surface area contributed by atoms with Crippen LogP contribution in [-0.4, -0.2) is 43.4 Å². The van der Waals surface area contributed by atoms with Crippen LogP contribution in [-0.2, 0) is 9.59 Å². The Kier molecular flexibility index (Phi) is 8.30. The van der Waals surface area contributed by atoms with Crippen LogP contribution in [0.2, 0.25) is 5.02 Å². The summed E-state index contributed by atoms with van der Waals surface area (Å²) >= 11 is 5.83. The lowest BCUT2D eigenvalue weighted by Gasteiger charge is -2.19. The van der Waals surface area contributed by atoms with Gasteiger partial charge in [0.15, 0.2) is 0 Å². The normalized spacial score (nSPS) is 11.9. The first-order valence-corrected chi connectivity index (χ1v) is 9.41. The molecule has 0 heterocycles. The first kappa shape index (κ1) is 20.9. The number of hydrogen-bond donors (Lipinski definition) is 2. The summed E-state index contributed by atoms with van der Waals surface area (Å²) in [6, 6.07) is 17.1. The molecule has 0 bridgehead atoms. The molecule has 0 unspecified atom stereocenters. The van der Waals surface area contributed by atoms with E-state index in [-0.39, 0.29) is 30.8 Å². The molecular formula is C21H26ClN3O2. The minimum atomic E-state index is -0.177. The molecule has 0 fully saturated rings. The van der Waals surface area contributed by atoms with Gasteiger partial charge in [0.05, 0.1) is 13.1 Å². The van der Waals surface area contributed by atoms with Crippen molar-refractivity contribution in [2.24, 2.45) is 0 Å². The summed E-state index contributed by atoms with van der Waals surface area (Å²) in [6.07, 6.45) is 0.948. The van der Waals surface area contributed by atoms with Gasteiger partial charge in [-0.2, -0.15) is 0 Å². The number of nitrogens with zero attached hydrogens (tertiary/aromatic N) is 1. The minimum absolute atomic E-state index is 0.0915. The lowest BCUT2D eigenvalue weighted by Crippen LogP contribution is -2.40. The van der Waals surface area contributed by atoms with E-state index >= 15 is 0 Å². The van der Waals surface area contributed by atoms with Gasteiger partial charge in [-0.05, 0) is 43.3 Å². The fraction of sp³-hybridized carbons (Fsp3) is 0.333. The van der Waals surface area contributed by atoms with Gasteiger partial charge in [0.1, 0.15) is 0 Å². The lowest BCUT2D eigenvalue weighted by atomic mass is 9.96. The van der Waals surface area contributed by atoms with Crippen LogP contribution in [0.5, 0.6) is 0 Å². The van der Waals surface area contributed by atoms with Crippen molar-refractivity contribution in [1.82, 2.24) is 10.2 Å². The van der Waals surface area contributed by atoms with Gasteiger partial charge in [-0.25, -0.2) is 0 Å². The van der Waals surface area contributed by atoms with Crippen LogP contribution < -0.4 is 10.6 Å². The number of anilines is 1. The SMILES string of the molecule is CC[C@@H](CNC(=O)CN(C)CC(=O)Nc1ccc(Cl)cc1)c1ccccc1. The van der Waals surface area contributed by atoms with Crippen molar-refractivity contribution in [1.29, 1.82) is 0 Å². The number of hydrogen-bond acceptors (Lipinski definition) is 3. The van der Waals surface area contributed by atoms with Crippen LogP contribution in [0.25, 0.3) is 0 Å². The van der Waals surface area contributed by atoms with Crippen molar-refractivity contribution in [2.45, 2.75) is 19.3 Å². The van der Waals surface area contributed by atoms with E-state index in [1.54, 1.807) is 36.2 Å². The van der Waals surface area contributed by atoms with Gasteiger partial charge in [0, 0.05) is 23.2 Å². The summed E-state index contributed by atoms with van der Waals surface area (Å²) in [5.74, 6) is 0.0168. The van der Waals surface area contributed by atoms with E-state index < -0.39 is 0 Å². The quantitative estimate of drug-likeness (QED) is 0.692. The molecule has 144 valence electrons. The molecule has 0 aliphatic carbocycles. The lowest BCUT2D eigenvalue weighted by molar-refractivity contribution is -0.123. The number of likely N-dealkylation sites (N-methyl/N-ethyl adjacent to an activating group) is 1. The Labute approximate surface area is 165 Å². The molecule has 2 rings (SSSR count). The van der Waals surface area contributed by atoms with Crippen molar-refractivity contribution < 1.29 is 9.59 Å². The topological polar surface area (TPSA) is 61.4 Å². The molecule has 27 heavy (non-hydrogen) atoms. The fourth-order valence-corrected chi connectivity index (χ4v) is 2.92. The third-order valence-electron chi connectivity index (χ3n) is 4.26. The number of benzene rings is 2. The third-order valence-corrected chi connectivity index (χ3v) is 4.52. The number of carbonyl (C=O) groups excluding carboxylic acids is 2. The number of rotatable bonds is 9. The van der Waals surface area contributed by atoms with E-state index in [0.29, 0.717) is 17.3 Å². The minimum Gasteiger partial charge on any atom is -0.354 e. The van der Waals surface area contributed by atoms with Gasteiger partial charge in [0.25, 0.3) is 0 Å². The van der Waals surface area contributed by atoms with Crippen molar-refractivity contribution in [2.75, 3.05) is 32.0 Å². The highest BCUT2D eigenvalue weighted by molar-refractivity contribution is 6.30. The Morgan fingerprint density at radius 1 is 1.00 bits per heavy atom. The standard InChI is InChI=1S/C21H26ClN3O2/c1-3-16(17-7-5-4-6-8-17)13-23-20(26)14-25(2)15-21(27)24-19-11-9-18(22)10-12-19/h4-12,16H,3,13-15H2,1-2H3,(H,23,26)(H,24,27)/t16-/m0/s1. The Balaban J connectivity index is 1.74. The predicted octanol–water partition coefficient (Wildman–Crippen LogP) is 3.52. The zero-order valence-corrected chi connectivity index (χ0v) is 16.5. The first-order valence-electron chi connectivity index (χ1n) is 9.03. The Morgan fingerprint density at radius 3 is 2.26 bits per heavy atom. The molecule has 2 amide bonds. The molecule has 1 atom stereocenters. The molecule has 6 heteroatoms. The second-order valence-electron chi connectivity index (χ2n) is 6.55. The molecule has 2 N–H and O–H groups in total. The molecule has 2 aromatic carbocycles. The van der Waals surface area contributed by atoms with Crippen LogP contribution in [0.15, 0.2) is 54.6 Å². The molecule has 0 aliphatic rings. The Morgan fingerprint density at radius 2 is 1.63 bits per heavy atom. The monoisotopic (exact) mass is 387 g/mol. The van der Waals surface area contributed by atoms with Crippen molar-refractivity contribution in [3.05, 3.63) is 65.2 Å². The van der Waals surface area contributed by atoms with E-state index in [4.69, 9.17) is 11.6 Å². The third kappa shape index (κ3) is 7.41. The first-order chi connectivity index (χ1) is 13.0. The molecule has 0 aliphatic heterocycles. The second-order valence-corrected chi connectivity index (χ2v) is 6.98. The smallest absolute Gasteiger partial charge is 0.238 e. The number of halogens is 1. The Hall–Kier alpha value is -2.37. The molecule has 0 saturated carbocycles.